The lowest BCUT2D eigenvalue weighted by atomic mass is 9.95. The number of fused-ring (bicyclic) bond motifs is 1. The molecule has 2 fully saturated rings. The van der Waals surface area contributed by atoms with Gasteiger partial charge >= 0.3 is 0 Å². The van der Waals surface area contributed by atoms with E-state index in [2.05, 4.69) is 25.4 Å². The first kappa shape index (κ1) is 20.1. The smallest absolute Gasteiger partial charge is 0.253 e. The number of nitrogens with one attached hydrogen (secondary N) is 1. The highest BCUT2D eigenvalue weighted by molar-refractivity contribution is 5.80. The first-order chi connectivity index (χ1) is 15.2. The molecular weight excluding hydrogens is 396 g/mol. The Morgan fingerprint density at radius 1 is 1.16 bits per heavy atom. The molecule has 3 aromatic rings. The molecule has 3 heterocycles. The maximum Gasteiger partial charge on any atom is 0.253 e. The molecular formula is C22H28N6O3. The fourth-order valence-electron chi connectivity index (χ4n) is 4.83. The summed E-state index contributed by atoms with van der Waals surface area (Å²) in [7, 11) is 1.64. The summed E-state index contributed by atoms with van der Waals surface area (Å²) in [5.74, 6) is 1.49. The number of benzene rings is 1. The maximum absolute atomic E-state index is 13.2. The Bertz CT molecular complexity index is 1100. The third kappa shape index (κ3) is 3.95. The van der Waals surface area contributed by atoms with Gasteiger partial charge in [-0.25, -0.2) is 4.68 Å². The molecule has 1 saturated carbocycles. The van der Waals surface area contributed by atoms with Gasteiger partial charge in [0, 0.05) is 29.6 Å². The van der Waals surface area contributed by atoms with Crippen molar-refractivity contribution in [2.45, 2.75) is 44.2 Å². The molecule has 9 nitrogen and oxygen atoms in total. The molecule has 0 unspecified atom stereocenters. The van der Waals surface area contributed by atoms with Crippen LogP contribution in [0.15, 0.2) is 29.1 Å². The number of nitrogens with zero attached hydrogens (tertiary/aromatic N) is 5. The van der Waals surface area contributed by atoms with Crippen molar-refractivity contribution in [1.29, 1.82) is 0 Å². The van der Waals surface area contributed by atoms with Crippen molar-refractivity contribution in [3.05, 3.63) is 46.0 Å². The first-order valence-electron chi connectivity index (χ1n) is 11.0. The molecule has 1 aliphatic carbocycles. The van der Waals surface area contributed by atoms with E-state index in [4.69, 9.17) is 9.47 Å². The van der Waals surface area contributed by atoms with Crippen molar-refractivity contribution in [2.75, 3.05) is 33.4 Å². The third-order valence-corrected chi connectivity index (χ3v) is 6.47. The van der Waals surface area contributed by atoms with Crippen LogP contribution in [-0.4, -0.2) is 63.5 Å². The molecule has 1 saturated heterocycles. The highest BCUT2D eigenvalue weighted by Gasteiger charge is 2.33. The summed E-state index contributed by atoms with van der Waals surface area (Å²) < 4.78 is 12.9. The van der Waals surface area contributed by atoms with Crippen LogP contribution < -0.4 is 10.3 Å². The predicted octanol–water partition coefficient (Wildman–Crippen LogP) is 2.45. The lowest BCUT2D eigenvalue weighted by Crippen LogP contribution is -2.42. The number of hydrogen-bond acceptors (Lipinski definition) is 7. The number of morpholine rings is 1. The normalized spacial score (nSPS) is 19.5. The van der Waals surface area contributed by atoms with Crippen molar-refractivity contribution in [3.8, 4) is 5.75 Å². The number of rotatable bonds is 5. The van der Waals surface area contributed by atoms with Gasteiger partial charge in [-0.15, -0.1) is 5.10 Å². The third-order valence-electron chi connectivity index (χ3n) is 6.47. The summed E-state index contributed by atoms with van der Waals surface area (Å²) in [6.07, 6.45) is 5.76. The molecule has 9 heteroatoms. The number of methoxy groups -OCH3 is 1. The van der Waals surface area contributed by atoms with Crippen LogP contribution in [0.3, 0.4) is 0 Å². The summed E-state index contributed by atoms with van der Waals surface area (Å²) in [4.78, 5) is 18.5. The van der Waals surface area contributed by atoms with E-state index < -0.39 is 0 Å². The monoisotopic (exact) mass is 424 g/mol. The number of aromatic amines is 1. The van der Waals surface area contributed by atoms with Crippen LogP contribution >= 0.6 is 0 Å². The molecule has 31 heavy (non-hydrogen) atoms. The zero-order chi connectivity index (χ0) is 21.2. The largest absolute Gasteiger partial charge is 0.497 e. The first-order valence-corrected chi connectivity index (χ1v) is 11.0. The second kappa shape index (κ2) is 8.76. The zero-order valence-electron chi connectivity index (χ0n) is 17.8. The molecule has 2 aliphatic rings. The van der Waals surface area contributed by atoms with Gasteiger partial charge in [0.05, 0.1) is 26.4 Å². The summed E-state index contributed by atoms with van der Waals surface area (Å²) in [6, 6.07) is 7.56. The van der Waals surface area contributed by atoms with Gasteiger partial charge in [0.1, 0.15) is 11.8 Å². The predicted molar refractivity (Wildman–Crippen MR) is 115 cm³/mol. The molecule has 1 N–H and O–H groups in total. The van der Waals surface area contributed by atoms with Crippen LogP contribution in [0.4, 0.5) is 0 Å². The number of aromatic nitrogens is 5. The van der Waals surface area contributed by atoms with Crippen LogP contribution in [0.2, 0.25) is 0 Å². The Morgan fingerprint density at radius 3 is 2.74 bits per heavy atom. The molecule has 5 rings (SSSR count). The Hall–Kier alpha value is -2.78. The van der Waals surface area contributed by atoms with Crippen molar-refractivity contribution >= 4 is 10.9 Å². The van der Waals surface area contributed by atoms with E-state index in [0.29, 0.717) is 18.8 Å². The van der Waals surface area contributed by atoms with E-state index >= 15 is 0 Å². The van der Waals surface area contributed by atoms with Crippen LogP contribution in [0.25, 0.3) is 10.9 Å². The van der Waals surface area contributed by atoms with Crippen molar-refractivity contribution in [1.82, 2.24) is 30.1 Å². The molecule has 1 aliphatic heterocycles. The van der Waals surface area contributed by atoms with Crippen LogP contribution in [0, 0.1) is 0 Å². The van der Waals surface area contributed by atoms with Gasteiger partial charge in [-0.2, -0.15) is 0 Å². The Morgan fingerprint density at radius 2 is 1.97 bits per heavy atom. The second-order valence-corrected chi connectivity index (χ2v) is 8.33. The van der Waals surface area contributed by atoms with Gasteiger partial charge in [0.15, 0.2) is 5.82 Å². The summed E-state index contributed by atoms with van der Waals surface area (Å²) in [5, 5.41) is 13.8. The lowest BCUT2D eigenvalue weighted by Gasteiger charge is -2.34. The van der Waals surface area contributed by atoms with E-state index in [-0.39, 0.29) is 17.6 Å². The molecule has 0 amide bonds. The Balaban J connectivity index is 1.63. The zero-order valence-corrected chi connectivity index (χ0v) is 17.8. The minimum absolute atomic E-state index is 0.118. The molecule has 1 atom stereocenters. The van der Waals surface area contributed by atoms with Crippen LogP contribution in [0.1, 0.15) is 55.6 Å². The minimum atomic E-state index is -0.333. The van der Waals surface area contributed by atoms with E-state index in [0.717, 1.165) is 48.4 Å². The minimum Gasteiger partial charge on any atom is -0.497 e. The van der Waals surface area contributed by atoms with Gasteiger partial charge in [0.2, 0.25) is 0 Å². The number of pyridine rings is 1. The van der Waals surface area contributed by atoms with Crippen molar-refractivity contribution in [2.24, 2.45) is 0 Å². The van der Waals surface area contributed by atoms with E-state index in [1.54, 1.807) is 7.11 Å². The van der Waals surface area contributed by atoms with Gasteiger partial charge in [-0.05, 0) is 47.5 Å². The highest BCUT2D eigenvalue weighted by atomic mass is 16.5. The van der Waals surface area contributed by atoms with Crippen LogP contribution in [-0.2, 0) is 4.74 Å². The van der Waals surface area contributed by atoms with E-state index in [9.17, 15) is 4.79 Å². The standard InChI is InChI=1S/C22H28N6O3/c1-30-17-7-8-19-15(13-17)14-18(22(29)23-19)20(27-9-11-31-12-10-27)21-24-25-26-28(21)16-5-3-2-4-6-16/h7-8,13-14,16,20H,2-6,9-12H2,1H3,(H,23,29)/t20-/m1/s1. The van der Waals surface area contributed by atoms with E-state index in [1.807, 2.05) is 28.9 Å². The molecule has 1 aromatic carbocycles. The fourth-order valence-corrected chi connectivity index (χ4v) is 4.83. The van der Waals surface area contributed by atoms with E-state index in [1.165, 1.54) is 19.3 Å². The van der Waals surface area contributed by atoms with Gasteiger partial charge in [-0.3, -0.25) is 9.69 Å². The summed E-state index contributed by atoms with van der Waals surface area (Å²) in [5.41, 5.74) is 1.31. The number of ether oxygens (including phenoxy) is 2. The van der Waals surface area contributed by atoms with Crippen molar-refractivity contribution < 1.29 is 9.47 Å². The fraction of sp³-hybridized carbons (Fsp3) is 0.545. The Labute approximate surface area is 180 Å². The molecule has 164 valence electrons. The molecule has 0 radical (unpaired) electrons. The van der Waals surface area contributed by atoms with Gasteiger partial charge in [0.25, 0.3) is 5.56 Å². The maximum atomic E-state index is 13.2. The molecule has 0 spiro atoms. The number of tetrazole rings is 1. The quantitative estimate of drug-likeness (QED) is 0.672. The average molecular weight is 425 g/mol. The topological polar surface area (TPSA) is 98.2 Å². The van der Waals surface area contributed by atoms with Crippen molar-refractivity contribution in [3.63, 3.8) is 0 Å². The van der Waals surface area contributed by atoms with Gasteiger partial charge < -0.3 is 14.5 Å². The summed E-state index contributed by atoms with van der Waals surface area (Å²) >= 11 is 0. The number of H-pyrrole nitrogens is 1. The number of hydrogen-bond donors (Lipinski definition) is 1. The average Bonchev–Trinajstić information content (AvgIpc) is 3.30. The molecule has 2 aromatic heterocycles. The van der Waals surface area contributed by atoms with Gasteiger partial charge in [-0.1, -0.05) is 19.3 Å². The van der Waals surface area contributed by atoms with Crippen LogP contribution in [0.5, 0.6) is 5.75 Å². The lowest BCUT2D eigenvalue weighted by molar-refractivity contribution is 0.0209. The summed E-state index contributed by atoms with van der Waals surface area (Å²) in [6.45, 7) is 2.69. The molecule has 0 bridgehead atoms. The Kier molecular flexibility index (Phi) is 5.69. The highest BCUT2D eigenvalue weighted by Crippen LogP contribution is 2.33. The second-order valence-electron chi connectivity index (χ2n) is 8.33. The SMILES string of the molecule is COc1ccc2[nH]c(=O)c([C@H](c3nnnn3C3CCCCC3)N3CCOCC3)cc2c1.